The van der Waals surface area contributed by atoms with Crippen LogP contribution in [0.5, 0.6) is 0 Å². The fourth-order valence-corrected chi connectivity index (χ4v) is 0.994. The summed E-state index contributed by atoms with van der Waals surface area (Å²) in [6, 6.07) is 0.521. The minimum absolute atomic E-state index is 0.258. The van der Waals surface area contributed by atoms with Crippen molar-refractivity contribution in [2.24, 2.45) is 0 Å². The van der Waals surface area contributed by atoms with E-state index in [0.29, 0.717) is 25.4 Å². The van der Waals surface area contributed by atoms with Crippen LogP contribution >= 0.6 is 0 Å². The van der Waals surface area contributed by atoms with E-state index in [1.54, 1.807) is 0 Å². The number of hydrogen-bond donors (Lipinski definition) is 1. The fourth-order valence-electron chi connectivity index (χ4n) is 0.994. The van der Waals surface area contributed by atoms with Gasteiger partial charge in [-0.3, -0.25) is 0 Å². The van der Waals surface area contributed by atoms with Crippen molar-refractivity contribution in [3.05, 3.63) is 0 Å². The second kappa shape index (κ2) is 8.21. The summed E-state index contributed by atoms with van der Waals surface area (Å²) in [5.74, 6) is 0. The maximum absolute atomic E-state index is 5.56. The molecule has 1 atom stereocenters. The number of hydrogen-bond acceptors (Lipinski definition) is 3. The second-order valence-electron chi connectivity index (χ2n) is 4.16. The molecule has 0 aromatic heterocycles. The van der Waals surface area contributed by atoms with E-state index in [2.05, 4.69) is 26.1 Å². The first-order valence-electron chi connectivity index (χ1n) is 5.49. The first kappa shape index (κ1) is 13.9. The average molecular weight is 203 g/mol. The molecule has 0 aliphatic carbocycles. The van der Waals surface area contributed by atoms with E-state index < -0.39 is 0 Å². The van der Waals surface area contributed by atoms with E-state index in [4.69, 9.17) is 9.47 Å². The van der Waals surface area contributed by atoms with Gasteiger partial charge < -0.3 is 14.8 Å². The van der Waals surface area contributed by atoms with Crippen molar-refractivity contribution in [2.75, 3.05) is 19.8 Å². The van der Waals surface area contributed by atoms with Crippen molar-refractivity contribution in [3.63, 3.8) is 0 Å². The number of nitrogens with one attached hydrogen (secondary N) is 1. The molecule has 0 amide bonds. The van der Waals surface area contributed by atoms with Crippen LogP contribution in [0.1, 0.15) is 34.6 Å². The Morgan fingerprint density at radius 2 is 1.50 bits per heavy atom. The predicted molar refractivity (Wildman–Crippen MR) is 59.6 cm³/mol. The average Bonchev–Trinajstić information content (AvgIpc) is 2.08. The van der Waals surface area contributed by atoms with Crippen LogP contribution in [0.3, 0.4) is 0 Å². The van der Waals surface area contributed by atoms with Crippen LogP contribution in [-0.2, 0) is 9.47 Å². The van der Waals surface area contributed by atoms with Crippen LogP contribution in [-0.4, -0.2) is 38.0 Å². The molecule has 0 spiro atoms. The molecule has 0 bridgehead atoms. The Labute approximate surface area is 88.2 Å². The molecule has 0 radical (unpaired) electrons. The lowest BCUT2D eigenvalue weighted by Gasteiger charge is -2.16. The summed E-state index contributed by atoms with van der Waals surface area (Å²) in [6.45, 7) is 12.7. The lowest BCUT2D eigenvalue weighted by Crippen LogP contribution is -2.32. The molecule has 0 saturated heterocycles. The third kappa shape index (κ3) is 9.96. The third-order valence-corrected chi connectivity index (χ3v) is 1.75. The van der Waals surface area contributed by atoms with Crippen LogP contribution < -0.4 is 5.32 Å². The van der Waals surface area contributed by atoms with Gasteiger partial charge in [0.25, 0.3) is 0 Å². The van der Waals surface area contributed by atoms with Gasteiger partial charge in [-0.05, 0) is 20.8 Å². The normalized spacial score (nSPS) is 13.9. The smallest absolute Gasteiger partial charge is 0.0704 e. The Balaban J connectivity index is 3.22. The molecule has 86 valence electrons. The molecule has 0 aromatic carbocycles. The highest BCUT2D eigenvalue weighted by Crippen LogP contribution is 1.92. The van der Waals surface area contributed by atoms with E-state index in [1.165, 1.54) is 0 Å². The van der Waals surface area contributed by atoms with Crippen molar-refractivity contribution in [1.82, 2.24) is 5.32 Å². The summed E-state index contributed by atoms with van der Waals surface area (Å²) in [6.07, 6.45) is 0.552. The standard InChI is InChI=1S/C11H25NO2/c1-9(2)12-8-11(5)14-7-6-13-10(3)4/h9-12H,6-8H2,1-5H3. The largest absolute Gasteiger partial charge is 0.376 e. The first-order valence-corrected chi connectivity index (χ1v) is 5.49. The van der Waals surface area contributed by atoms with Gasteiger partial charge in [0.1, 0.15) is 0 Å². The SMILES string of the molecule is CC(C)NCC(C)OCCOC(C)C. The van der Waals surface area contributed by atoms with Gasteiger partial charge >= 0.3 is 0 Å². The molecule has 3 nitrogen and oxygen atoms in total. The van der Waals surface area contributed by atoms with E-state index in [1.807, 2.05) is 13.8 Å². The highest BCUT2D eigenvalue weighted by Gasteiger charge is 2.02. The van der Waals surface area contributed by atoms with E-state index in [-0.39, 0.29) is 6.10 Å². The van der Waals surface area contributed by atoms with Gasteiger partial charge in [-0.2, -0.15) is 0 Å². The molecular weight excluding hydrogens is 178 g/mol. The van der Waals surface area contributed by atoms with Crippen molar-refractivity contribution < 1.29 is 9.47 Å². The van der Waals surface area contributed by atoms with Crippen LogP contribution in [0.15, 0.2) is 0 Å². The second-order valence-corrected chi connectivity index (χ2v) is 4.16. The van der Waals surface area contributed by atoms with Crippen LogP contribution in [0.4, 0.5) is 0 Å². The van der Waals surface area contributed by atoms with Crippen LogP contribution in [0.2, 0.25) is 0 Å². The van der Waals surface area contributed by atoms with E-state index in [9.17, 15) is 0 Å². The van der Waals surface area contributed by atoms with Crippen molar-refractivity contribution in [2.45, 2.75) is 52.9 Å². The summed E-state index contributed by atoms with van der Waals surface area (Å²) in [4.78, 5) is 0. The summed E-state index contributed by atoms with van der Waals surface area (Å²) < 4.78 is 10.9. The molecule has 0 aromatic rings. The van der Waals surface area contributed by atoms with Gasteiger partial charge in [0.15, 0.2) is 0 Å². The summed E-state index contributed by atoms with van der Waals surface area (Å²) in [5, 5.41) is 3.33. The van der Waals surface area contributed by atoms with Crippen molar-refractivity contribution in [3.8, 4) is 0 Å². The van der Waals surface area contributed by atoms with Gasteiger partial charge in [-0.1, -0.05) is 13.8 Å². The fraction of sp³-hybridized carbons (Fsp3) is 1.00. The molecule has 3 heteroatoms. The Bertz CT molecular complexity index is 126. The maximum atomic E-state index is 5.56. The Kier molecular flexibility index (Phi) is 8.14. The lowest BCUT2D eigenvalue weighted by molar-refractivity contribution is -0.00651. The Morgan fingerprint density at radius 1 is 0.929 bits per heavy atom. The molecule has 0 saturated carbocycles. The van der Waals surface area contributed by atoms with Gasteiger partial charge in [-0.25, -0.2) is 0 Å². The van der Waals surface area contributed by atoms with Crippen molar-refractivity contribution in [1.29, 1.82) is 0 Å². The van der Waals surface area contributed by atoms with Gasteiger partial charge in [-0.15, -0.1) is 0 Å². The molecular formula is C11H25NO2. The quantitative estimate of drug-likeness (QED) is 0.610. The van der Waals surface area contributed by atoms with E-state index in [0.717, 1.165) is 6.54 Å². The van der Waals surface area contributed by atoms with E-state index >= 15 is 0 Å². The molecule has 0 aliphatic rings. The molecule has 0 fully saturated rings. The minimum Gasteiger partial charge on any atom is -0.376 e. The summed E-state index contributed by atoms with van der Waals surface area (Å²) in [7, 11) is 0. The topological polar surface area (TPSA) is 30.5 Å². The van der Waals surface area contributed by atoms with Gasteiger partial charge in [0.2, 0.25) is 0 Å². The highest BCUT2D eigenvalue weighted by molar-refractivity contribution is 4.58. The highest BCUT2D eigenvalue weighted by atomic mass is 16.5. The van der Waals surface area contributed by atoms with Crippen LogP contribution in [0, 0.1) is 0 Å². The van der Waals surface area contributed by atoms with Gasteiger partial charge in [0, 0.05) is 12.6 Å². The zero-order valence-electron chi connectivity index (χ0n) is 10.2. The maximum Gasteiger partial charge on any atom is 0.0704 e. The molecule has 1 unspecified atom stereocenters. The summed E-state index contributed by atoms with van der Waals surface area (Å²) >= 11 is 0. The minimum atomic E-state index is 0.258. The Hall–Kier alpha value is -0.120. The predicted octanol–water partition coefficient (Wildman–Crippen LogP) is 1.81. The zero-order chi connectivity index (χ0) is 11.0. The zero-order valence-corrected chi connectivity index (χ0v) is 10.2. The lowest BCUT2D eigenvalue weighted by atomic mass is 10.3. The first-order chi connectivity index (χ1) is 6.52. The molecule has 14 heavy (non-hydrogen) atoms. The van der Waals surface area contributed by atoms with Crippen molar-refractivity contribution >= 4 is 0 Å². The molecule has 1 N–H and O–H groups in total. The number of ether oxygens (including phenoxy) is 2. The Morgan fingerprint density at radius 3 is 2.00 bits per heavy atom. The molecule has 0 rings (SSSR count). The third-order valence-electron chi connectivity index (χ3n) is 1.75. The monoisotopic (exact) mass is 203 g/mol. The summed E-state index contributed by atoms with van der Waals surface area (Å²) in [5.41, 5.74) is 0. The molecule has 0 heterocycles. The number of rotatable bonds is 8. The van der Waals surface area contributed by atoms with Gasteiger partial charge in [0.05, 0.1) is 25.4 Å². The van der Waals surface area contributed by atoms with Crippen LogP contribution in [0.25, 0.3) is 0 Å². The molecule has 0 aliphatic heterocycles.